The highest BCUT2D eigenvalue weighted by molar-refractivity contribution is 5.97. The van der Waals surface area contributed by atoms with Crippen molar-refractivity contribution in [2.75, 3.05) is 13.2 Å². The normalized spacial score (nSPS) is 15.1. The van der Waals surface area contributed by atoms with E-state index >= 15 is 0 Å². The Balaban J connectivity index is 1.52. The van der Waals surface area contributed by atoms with Gasteiger partial charge in [0, 0.05) is 6.04 Å². The average molecular weight is 353 g/mol. The fourth-order valence-corrected chi connectivity index (χ4v) is 3.29. The van der Waals surface area contributed by atoms with Crippen molar-refractivity contribution in [2.24, 2.45) is 0 Å². The fraction of sp³-hybridized carbons (Fsp3) is 0.409. The number of carbonyl (C=O) groups excluding carboxylic acids is 1. The van der Waals surface area contributed by atoms with Crippen molar-refractivity contribution >= 4 is 5.91 Å². The summed E-state index contributed by atoms with van der Waals surface area (Å²) in [5, 5.41) is 3.18. The fourth-order valence-electron chi connectivity index (χ4n) is 3.29. The van der Waals surface area contributed by atoms with Crippen LogP contribution in [0.15, 0.2) is 54.6 Å². The van der Waals surface area contributed by atoms with Crippen molar-refractivity contribution in [3.63, 3.8) is 0 Å². The molecule has 1 aliphatic rings. The third-order valence-electron chi connectivity index (χ3n) is 4.67. The molecule has 2 aromatic rings. The molecule has 0 saturated heterocycles. The summed E-state index contributed by atoms with van der Waals surface area (Å²) in [5.74, 6) is 1.38. The number of carbonyl (C=O) groups is 1. The van der Waals surface area contributed by atoms with Gasteiger partial charge < -0.3 is 14.8 Å². The zero-order valence-corrected chi connectivity index (χ0v) is 15.2. The minimum atomic E-state index is -0.0449. The maximum atomic E-state index is 12.7. The molecule has 3 rings (SSSR count). The summed E-state index contributed by atoms with van der Waals surface area (Å²) in [6.07, 6.45) is 7.07. The number of hydrogen-bond acceptors (Lipinski definition) is 3. The Morgan fingerprint density at radius 3 is 2.27 bits per heavy atom. The van der Waals surface area contributed by atoms with E-state index in [0.29, 0.717) is 24.5 Å². The molecule has 1 aliphatic carbocycles. The first-order valence-corrected chi connectivity index (χ1v) is 9.53. The van der Waals surface area contributed by atoms with E-state index in [0.717, 1.165) is 18.6 Å². The lowest BCUT2D eigenvalue weighted by molar-refractivity contribution is 0.0928. The summed E-state index contributed by atoms with van der Waals surface area (Å²) in [5.41, 5.74) is 0.594. The average Bonchev–Trinajstić information content (AvgIpc) is 2.95. The molecule has 0 radical (unpaired) electrons. The van der Waals surface area contributed by atoms with Gasteiger partial charge in [-0.3, -0.25) is 4.79 Å². The van der Waals surface area contributed by atoms with Crippen molar-refractivity contribution in [1.82, 2.24) is 5.32 Å². The molecule has 1 N–H and O–H groups in total. The number of para-hydroxylation sites is 2. The van der Waals surface area contributed by atoms with Crippen LogP contribution in [-0.4, -0.2) is 25.2 Å². The molecule has 0 atom stereocenters. The molecule has 0 aromatic heterocycles. The Bertz CT molecular complexity index is 679. The lowest BCUT2D eigenvalue weighted by Gasteiger charge is -2.18. The molecule has 0 unspecified atom stereocenters. The maximum Gasteiger partial charge on any atom is 0.255 e. The van der Waals surface area contributed by atoms with E-state index in [-0.39, 0.29) is 11.9 Å². The SMILES string of the molecule is O=C(NC1CCCCCC1)c1ccccc1OCCOc1ccccc1. The van der Waals surface area contributed by atoms with Gasteiger partial charge >= 0.3 is 0 Å². The Hall–Kier alpha value is -2.49. The van der Waals surface area contributed by atoms with Crippen molar-refractivity contribution in [3.05, 3.63) is 60.2 Å². The van der Waals surface area contributed by atoms with Crippen LogP contribution in [0.2, 0.25) is 0 Å². The van der Waals surface area contributed by atoms with E-state index in [4.69, 9.17) is 9.47 Å². The Kier molecular flexibility index (Phi) is 6.94. The topological polar surface area (TPSA) is 47.6 Å². The molecule has 2 aromatic carbocycles. The zero-order valence-electron chi connectivity index (χ0n) is 15.2. The molecule has 4 heteroatoms. The van der Waals surface area contributed by atoms with Crippen molar-refractivity contribution in [3.8, 4) is 11.5 Å². The Morgan fingerprint density at radius 1 is 0.846 bits per heavy atom. The minimum Gasteiger partial charge on any atom is -0.490 e. The lowest BCUT2D eigenvalue weighted by atomic mass is 10.1. The van der Waals surface area contributed by atoms with E-state index in [2.05, 4.69) is 5.32 Å². The first-order chi connectivity index (χ1) is 12.8. The van der Waals surface area contributed by atoms with Gasteiger partial charge in [0.2, 0.25) is 0 Å². The highest BCUT2D eigenvalue weighted by Crippen LogP contribution is 2.21. The monoisotopic (exact) mass is 353 g/mol. The number of benzene rings is 2. The van der Waals surface area contributed by atoms with Crippen LogP contribution in [0.5, 0.6) is 11.5 Å². The second-order valence-corrected chi connectivity index (χ2v) is 6.67. The van der Waals surface area contributed by atoms with E-state index in [1.807, 2.05) is 54.6 Å². The van der Waals surface area contributed by atoms with Gasteiger partial charge in [-0.05, 0) is 37.1 Å². The molecular weight excluding hydrogens is 326 g/mol. The predicted molar refractivity (Wildman–Crippen MR) is 103 cm³/mol. The van der Waals surface area contributed by atoms with Crippen molar-refractivity contribution < 1.29 is 14.3 Å². The predicted octanol–water partition coefficient (Wildman–Crippen LogP) is 4.60. The quantitative estimate of drug-likeness (QED) is 0.585. The largest absolute Gasteiger partial charge is 0.490 e. The zero-order chi connectivity index (χ0) is 18.0. The Labute approximate surface area is 155 Å². The molecular formula is C22H27NO3. The van der Waals surface area contributed by atoms with Gasteiger partial charge in [0.25, 0.3) is 5.91 Å². The molecule has 138 valence electrons. The van der Waals surface area contributed by atoms with Crippen LogP contribution in [0, 0.1) is 0 Å². The van der Waals surface area contributed by atoms with E-state index in [9.17, 15) is 4.79 Å². The molecule has 1 amide bonds. The van der Waals surface area contributed by atoms with Crippen LogP contribution in [0.25, 0.3) is 0 Å². The molecule has 26 heavy (non-hydrogen) atoms. The minimum absolute atomic E-state index is 0.0449. The summed E-state index contributed by atoms with van der Waals surface area (Å²) in [6.45, 7) is 0.825. The van der Waals surface area contributed by atoms with E-state index in [1.54, 1.807) is 0 Å². The summed E-state index contributed by atoms with van der Waals surface area (Å²) in [6, 6.07) is 17.3. The molecule has 1 saturated carbocycles. The highest BCUT2D eigenvalue weighted by atomic mass is 16.5. The van der Waals surface area contributed by atoms with Crippen molar-refractivity contribution in [1.29, 1.82) is 0 Å². The number of hydrogen-bond donors (Lipinski definition) is 1. The molecule has 4 nitrogen and oxygen atoms in total. The van der Waals surface area contributed by atoms with Crippen LogP contribution in [-0.2, 0) is 0 Å². The van der Waals surface area contributed by atoms with Crippen LogP contribution in [0.3, 0.4) is 0 Å². The standard InChI is InChI=1S/C22H27NO3/c24-22(23-18-10-4-1-2-5-11-18)20-14-8-9-15-21(20)26-17-16-25-19-12-6-3-7-13-19/h3,6-9,12-15,18H,1-2,4-5,10-11,16-17H2,(H,23,24). The number of amides is 1. The summed E-state index contributed by atoms with van der Waals surface area (Å²) in [4.78, 5) is 12.7. The molecule has 1 fully saturated rings. The van der Waals surface area contributed by atoms with Gasteiger partial charge in [0.15, 0.2) is 0 Å². The van der Waals surface area contributed by atoms with Gasteiger partial charge in [-0.15, -0.1) is 0 Å². The van der Waals surface area contributed by atoms with Crippen LogP contribution < -0.4 is 14.8 Å². The van der Waals surface area contributed by atoms with Crippen LogP contribution >= 0.6 is 0 Å². The lowest BCUT2D eigenvalue weighted by Crippen LogP contribution is -2.34. The first-order valence-electron chi connectivity index (χ1n) is 9.53. The summed E-state index contributed by atoms with van der Waals surface area (Å²) in [7, 11) is 0. The number of rotatable bonds is 7. The third-order valence-corrected chi connectivity index (χ3v) is 4.67. The van der Waals surface area contributed by atoms with Crippen LogP contribution in [0.1, 0.15) is 48.9 Å². The van der Waals surface area contributed by atoms with E-state index < -0.39 is 0 Å². The van der Waals surface area contributed by atoms with Crippen LogP contribution in [0.4, 0.5) is 0 Å². The van der Waals surface area contributed by atoms with E-state index in [1.165, 1.54) is 25.7 Å². The summed E-state index contributed by atoms with van der Waals surface area (Å²) < 4.78 is 11.4. The van der Waals surface area contributed by atoms with Gasteiger partial charge in [-0.25, -0.2) is 0 Å². The molecule has 0 spiro atoms. The highest BCUT2D eigenvalue weighted by Gasteiger charge is 2.18. The van der Waals surface area contributed by atoms with Gasteiger partial charge in [0.1, 0.15) is 24.7 Å². The number of nitrogens with one attached hydrogen (secondary N) is 1. The van der Waals surface area contributed by atoms with Gasteiger partial charge in [-0.1, -0.05) is 56.0 Å². The smallest absolute Gasteiger partial charge is 0.255 e. The van der Waals surface area contributed by atoms with Gasteiger partial charge in [0.05, 0.1) is 5.56 Å². The third kappa shape index (κ3) is 5.51. The summed E-state index contributed by atoms with van der Waals surface area (Å²) >= 11 is 0. The maximum absolute atomic E-state index is 12.7. The first kappa shape index (κ1) is 18.3. The Morgan fingerprint density at radius 2 is 1.50 bits per heavy atom. The second kappa shape index (κ2) is 9.85. The molecule has 0 bridgehead atoms. The van der Waals surface area contributed by atoms with Crippen molar-refractivity contribution in [2.45, 2.75) is 44.6 Å². The number of ether oxygens (including phenoxy) is 2. The molecule has 0 aliphatic heterocycles. The molecule has 0 heterocycles. The van der Waals surface area contributed by atoms with Gasteiger partial charge in [-0.2, -0.15) is 0 Å². The second-order valence-electron chi connectivity index (χ2n) is 6.67.